The minimum Gasteiger partial charge on any atom is -0.286 e. The monoisotopic (exact) mass is 294 g/mol. The second-order valence-corrected chi connectivity index (χ2v) is 6.25. The Hall–Kier alpha value is -1.12. The summed E-state index contributed by atoms with van der Waals surface area (Å²) in [7, 11) is -3.99. The molecule has 4 nitrogen and oxygen atoms in total. The summed E-state index contributed by atoms with van der Waals surface area (Å²) >= 11 is 1.24. The van der Waals surface area contributed by atoms with Crippen molar-refractivity contribution in [3.05, 3.63) is 29.3 Å². The van der Waals surface area contributed by atoms with E-state index in [1.54, 1.807) is 10.1 Å². The van der Waals surface area contributed by atoms with Crippen molar-refractivity contribution in [3.63, 3.8) is 0 Å². The predicted octanol–water partition coefficient (Wildman–Crippen LogP) is 1.74. The maximum atomic E-state index is 13.1. The zero-order chi connectivity index (χ0) is 13.3. The number of benzene rings is 1. The molecular weight excluding hydrogens is 284 g/mol. The van der Waals surface area contributed by atoms with Gasteiger partial charge in [-0.2, -0.15) is 13.0 Å². The third-order valence-electron chi connectivity index (χ3n) is 2.42. The van der Waals surface area contributed by atoms with Gasteiger partial charge >= 0.3 is 0 Å². The van der Waals surface area contributed by atoms with Crippen LogP contribution in [-0.2, 0) is 16.7 Å². The maximum absolute atomic E-state index is 13.1. The smallest absolute Gasteiger partial charge is 0.265 e. The maximum Gasteiger partial charge on any atom is 0.265 e. The average Bonchev–Trinajstić information content (AvgIpc) is 2.60. The zero-order valence-electron chi connectivity index (χ0n) is 9.14. The lowest BCUT2D eigenvalue weighted by Crippen LogP contribution is -2.32. The number of aryl methyl sites for hydroxylation is 1. The Morgan fingerprint density at radius 3 is 2.61 bits per heavy atom. The van der Waals surface area contributed by atoms with E-state index >= 15 is 0 Å². The molecular formula is C10H10F2NO3S2+. The molecule has 0 saturated heterocycles. The van der Waals surface area contributed by atoms with Crippen molar-refractivity contribution in [3.8, 4) is 0 Å². The van der Waals surface area contributed by atoms with E-state index in [-0.39, 0.29) is 12.2 Å². The lowest BCUT2D eigenvalue weighted by Gasteiger charge is -1.95. The largest absolute Gasteiger partial charge is 0.286 e. The second kappa shape index (κ2) is 4.87. The quantitative estimate of drug-likeness (QED) is 0.690. The lowest BCUT2D eigenvalue weighted by atomic mass is 10.3. The molecule has 0 saturated carbocycles. The molecule has 0 aliphatic heterocycles. The van der Waals surface area contributed by atoms with Crippen molar-refractivity contribution in [1.82, 2.24) is 0 Å². The van der Waals surface area contributed by atoms with Crippen molar-refractivity contribution >= 4 is 31.7 Å². The molecule has 2 aromatic rings. The van der Waals surface area contributed by atoms with Crippen LogP contribution in [0.2, 0.25) is 0 Å². The lowest BCUT2D eigenvalue weighted by molar-refractivity contribution is -0.667. The standard InChI is InChI=1S/C10H9F2NO3S2/c11-7-4-9-10(5-8(7)12)17-6-13(9)2-1-3-18(14,15)16/h4-6H,1-3H2/p+1. The van der Waals surface area contributed by atoms with Gasteiger partial charge in [0, 0.05) is 12.5 Å². The number of hydrogen-bond donors (Lipinski definition) is 1. The fourth-order valence-corrected chi connectivity index (χ4v) is 3.03. The summed E-state index contributed by atoms with van der Waals surface area (Å²) in [6.07, 6.45) is 0.203. The number of fused-ring (bicyclic) bond motifs is 1. The topological polar surface area (TPSA) is 58.3 Å². The minimum atomic E-state index is -3.99. The number of nitrogens with zero attached hydrogens (tertiary/aromatic N) is 1. The van der Waals surface area contributed by atoms with Gasteiger partial charge in [-0.1, -0.05) is 11.3 Å². The molecule has 1 aromatic carbocycles. The van der Waals surface area contributed by atoms with E-state index in [0.29, 0.717) is 16.8 Å². The molecule has 2 rings (SSSR count). The van der Waals surface area contributed by atoms with Gasteiger partial charge in [0.15, 0.2) is 18.2 Å². The second-order valence-electron chi connectivity index (χ2n) is 3.79. The molecule has 0 aliphatic rings. The normalized spacial score (nSPS) is 12.2. The van der Waals surface area contributed by atoms with E-state index in [9.17, 15) is 17.2 Å². The van der Waals surface area contributed by atoms with Gasteiger partial charge in [-0.25, -0.2) is 8.78 Å². The first-order chi connectivity index (χ1) is 8.37. The van der Waals surface area contributed by atoms with E-state index < -0.39 is 21.8 Å². The van der Waals surface area contributed by atoms with Crippen LogP contribution < -0.4 is 4.57 Å². The molecule has 1 N–H and O–H groups in total. The number of thiazole rings is 1. The van der Waals surface area contributed by atoms with Crippen LogP contribution in [0.15, 0.2) is 17.6 Å². The van der Waals surface area contributed by atoms with Crippen molar-refractivity contribution < 1.29 is 26.3 Å². The molecule has 0 spiro atoms. The highest BCUT2D eigenvalue weighted by molar-refractivity contribution is 7.85. The molecule has 0 aliphatic carbocycles. The van der Waals surface area contributed by atoms with E-state index in [1.807, 2.05) is 0 Å². The first-order valence-corrected chi connectivity index (χ1v) is 7.56. The fourth-order valence-electron chi connectivity index (χ4n) is 1.60. The third-order valence-corrected chi connectivity index (χ3v) is 4.16. The number of rotatable bonds is 4. The summed E-state index contributed by atoms with van der Waals surface area (Å²) in [5.74, 6) is -2.21. The molecule has 0 bridgehead atoms. The third kappa shape index (κ3) is 3.01. The van der Waals surface area contributed by atoms with E-state index in [1.165, 1.54) is 11.3 Å². The van der Waals surface area contributed by atoms with Crippen LogP contribution in [0.25, 0.3) is 10.2 Å². The van der Waals surface area contributed by atoms with Crippen LogP contribution in [0.3, 0.4) is 0 Å². The molecule has 1 heterocycles. The number of halogens is 2. The molecule has 18 heavy (non-hydrogen) atoms. The summed E-state index contributed by atoms with van der Waals surface area (Å²) in [5.41, 5.74) is 2.17. The van der Waals surface area contributed by atoms with Crippen molar-refractivity contribution in [2.75, 3.05) is 5.75 Å². The van der Waals surface area contributed by atoms with Gasteiger partial charge in [-0.05, 0) is 0 Å². The van der Waals surface area contributed by atoms with Crippen LogP contribution in [0, 0.1) is 11.6 Å². The SMILES string of the molecule is O=S(=O)(O)CCC[n+]1csc2cc(F)c(F)cc21. The van der Waals surface area contributed by atoms with Crippen molar-refractivity contribution in [1.29, 1.82) is 0 Å². The summed E-state index contributed by atoms with van der Waals surface area (Å²) in [6, 6.07) is 2.18. The highest BCUT2D eigenvalue weighted by Crippen LogP contribution is 2.19. The Morgan fingerprint density at radius 2 is 1.94 bits per heavy atom. The molecule has 1 aromatic heterocycles. The molecule has 0 unspecified atom stereocenters. The summed E-state index contributed by atoms with van der Waals surface area (Å²) in [4.78, 5) is 0. The van der Waals surface area contributed by atoms with Crippen molar-refractivity contribution in [2.24, 2.45) is 0 Å². The minimum absolute atomic E-state index is 0.203. The van der Waals surface area contributed by atoms with Crippen LogP contribution >= 0.6 is 11.3 Å². The molecule has 8 heteroatoms. The van der Waals surface area contributed by atoms with Gasteiger partial charge in [-0.3, -0.25) is 4.55 Å². The number of hydrogen-bond acceptors (Lipinski definition) is 3. The van der Waals surface area contributed by atoms with E-state index in [2.05, 4.69) is 0 Å². The predicted molar refractivity (Wildman–Crippen MR) is 63.0 cm³/mol. The average molecular weight is 294 g/mol. The molecule has 0 amide bonds. The van der Waals surface area contributed by atoms with Gasteiger partial charge in [0.25, 0.3) is 10.1 Å². The van der Waals surface area contributed by atoms with Gasteiger partial charge in [0.05, 0.1) is 11.8 Å². The van der Waals surface area contributed by atoms with Gasteiger partial charge in [-0.15, -0.1) is 0 Å². The molecule has 0 radical (unpaired) electrons. The Balaban J connectivity index is 2.22. The highest BCUT2D eigenvalue weighted by atomic mass is 32.2. The Kier molecular flexibility index (Phi) is 3.60. The Labute approximate surface area is 106 Å². The zero-order valence-corrected chi connectivity index (χ0v) is 10.8. The Morgan fingerprint density at radius 1 is 1.28 bits per heavy atom. The van der Waals surface area contributed by atoms with Crippen LogP contribution in [0.4, 0.5) is 8.78 Å². The first-order valence-electron chi connectivity index (χ1n) is 5.08. The fraction of sp³-hybridized carbons (Fsp3) is 0.300. The van der Waals surface area contributed by atoms with Crippen LogP contribution in [0.1, 0.15) is 6.42 Å². The summed E-state index contributed by atoms with van der Waals surface area (Å²) in [6.45, 7) is 0.310. The number of aromatic nitrogens is 1. The summed E-state index contributed by atoms with van der Waals surface area (Å²) < 4.78 is 58.0. The highest BCUT2D eigenvalue weighted by Gasteiger charge is 2.16. The van der Waals surface area contributed by atoms with E-state index in [4.69, 9.17) is 4.55 Å². The van der Waals surface area contributed by atoms with Crippen LogP contribution in [0.5, 0.6) is 0 Å². The van der Waals surface area contributed by atoms with E-state index in [0.717, 1.165) is 12.1 Å². The van der Waals surface area contributed by atoms with Crippen LogP contribution in [-0.4, -0.2) is 18.7 Å². The van der Waals surface area contributed by atoms with Gasteiger partial charge in [0.2, 0.25) is 11.0 Å². The molecule has 0 atom stereocenters. The van der Waals surface area contributed by atoms with Gasteiger partial charge < -0.3 is 0 Å². The van der Waals surface area contributed by atoms with Gasteiger partial charge in [0.1, 0.15) is 4.70 Å². The molecule has 0 fully saturated rings. The first kappa shape index (κ1) is 13.3. The summed E-state index contributed by atoms with van der Waals surface area (Å²) in [5, 5.41) is 0. The van der Waals surface area contributed by atoms with Crippen molar-refractivity contribution in [2.45, 2.75) is 13.0 Å². The molecule has 98 valence electrons. The Bertz CT molecular complexity index is 682.